The van der Waals surface area contributed by atoms with Crippen molar-refractivity contribution < 1.29 is 19.4 Å². The van der Waals surface area contributed by atoms with Crippen molar-refractivity contribution in [3.63, 3.8) is 0 Å². The van der Waals surface area contributed by atoms with Gasteiger partial charge in [0.05, 0.1) is 24.4 Å². The number of amides is 2. The number of aromatic amines is 1. The second kappa shape index (κ2) is 10.3. The molecule has 1 aromatic carbocycles. The first kappa shape index (κ1) is 23.8. The number of hydrogen-bond donors (Lipinski definition) is 2. The lowest BCUT2D eigenvalue weighted by molar-refractivity contribution is -0.113. The van der Waals surface area contributed by atoms with Crippen LogP contribution in [0, 0.1) is 32.1 Å². The van der Waals surface area contributed by atoms with Crippen LogP contribution in [-0.2, 0) is 9.53 Å². The van der Waals surface area contributed by atoms with E-state index in [1.807, 2.05) is 26.0 Å². The van der Waals surface area contributed by atoms with Crippen molar-refractivity contribution in [3.05, 3.63) is 52.3 Å². The van der Waals surface area contributed by atoms with Crippen molar-refractivity contribution >= 4 is 29.2 Å². The first-order valence-electron chi connectivity index (χ1n) is 11.7. The quantitative estimate of drug-likeness (QED) is 0.490. The van der Waals surface area contributed by atoms with E-state index in [1.165, 1.54) is 4.90 Å². The van der Waals surface area contributed by atoms with Crippen LogP contribution in [0.3, 0.4) is 0 Å². The number of aryl methyl sites for hydroxylation is 2. The number of aliphatic hydroxyl groups is 1. The number of anilines is 1. The van der Waals surface area contributed by atoms with E-state index >= 15 is 0 Å². The molecule has 0 radical (unpaired) electrons. The van der Waals surface area contributed by atoms with Crippen LogP contribution in [0.5, 0.6) is 0 Å². The van der Waals surface area contributed by atoms with E-state index in [-0.39, 0.29) is 31.5 Å². The summed E-state index contributed by atoms with van der Waals surface area (Å²) < 4.78 is 5.49. The molecule has 7 nitrogen and oxygen atoms in total. The van der Waals surface area contributed by atoms with Gasteiger partial charge >= 0.3 is 0 Å². The molecule has 2 aliphatic rings. The molecule has 0 aliphatic carbocycles. The molecule has 4 rings (SSSR count). The zero-order valence-corrected chi connectivity index (χ0v) is 19.8. The van der Waals surface area contributed by atoms with Gasteiger partial charge in [-0.2, -0.15) is 0 Å². The van der Waals surface area contributed by atoms with Crippen molar-refractivity contribution in [2.75, 3.05) is 44.4 Å². The summed E-state index contributed by atoms with van der Waals surface area (Å²) in [4.78, 5) is 33.3. The van der Waals surface area contributed by atoms with Gasteiger partial charge in [-0.1, -0.05) is 12.0 Å². The number of nitrogens with one attached hydrogen (secondary N) is 1. The number of rotatable bonds is 7. The third kappa shape index (κ3) is 4.79. The minimum atomic E-state index is -0.262. The fourth-order valence-corrected chi connectivity index (χ4v) is 4.70. The molecule has 2 amide bonds. The average molecular weight is 462 g/mol. The van der Waals surface area contributed by atoms with Gasteiger partial charge in [-0.25, -0.2) is 0 Å². The number of ether oxygens (including phenoxy) is 1. The maximum Gasteiger partial charge on any atom is 0.259 e. The third-order valence-electron chi connectivity index (χ3n) is 6.50. The Bertz CT molecular complexity index is 1150. The lowest BCUT2D eigenvalue weighted by atomic mass is 9.99. The summed E-state index contributed by atoms with van der Waals surface area (Å²) in [6, 6.07) is 7.40. The molecule has 0 atom stereocenters. The predicted molar refractivity (Wildman–Crippen MR) is 132 cm³/mol. The SMILES string of the molecule is C#CCN(CCO)C(=O)c1ccc2c(c1)N(CC1CCOCC1)C(=O)/C2=C\c1[nH]c(C)cc1C. The Hall–Kier alpha value is -3.34. The predicted octanol–water partition coefficient (Wildman–Crippen LogP) is 3.01. The summed E-state index contributed by atoms with van der Waals surface area (Å²) in [5, 5.41) is 9.34. The van der Waals surface area contributed by atoms with Gasteiger partial charge in [-0.15, -0.1) is 6.42 Å². The van der Waals surface area contributed by atoms with Crippen LogP contribution in [-0.4, -0.2) is 66.3 Å². The molecule has 1 saturated heterocycles. The molecule has 34 heavy (non-hydrogen) atoms. The summed E-state index contributed by atoms with van der Waals surface area (Å²) >= 11 is 0. The number of benzene rings is 1. The van der Waals surface area contributed by atoms with Gasteiger partial charge in [0.2, 0.25) is 0 Å². The number of H-pyrrole nitrogens is 1. The number of fused-ring (bicyclic) bond motifs is 1. The topological polar surface area (TPSA) is 85.9 Å². The highest BCUT2D eigenvalue weighted by Crippen LogP contribution is 2.40. The number of carbonyl (C=O) groups is 2. The highest BCUT2D eigenvalue weighted by Gasteiger charge is 2.35. The van der Waals surface area contributed by atoms with Gasteiger partial charge in [-0.05, 0) is 62.4 Å². The van der Waals surface area contributed by atoms with Crippen LogP contribution in [0.15, 0.2) is 24.3 Å². The second-order valence-electron chi connectivity index (χ2n) is 8.96. The van der Waals surface area contributed by atoms with Crippen LogP contribution >= 0.6 is 0 Å². The largest absolute Gasteiger partial charge is 0.395 e. The molecule has 7 heteroatoms. The molecule has 0 unspecified atom stereocenters. The van der Waals surface area contributed by atoms with Gasteiger partial charge in [0.15, 0.2) is 0 Å². The van der Waals surface area contributed by atoms with Crippen LogP contribution in [0.2, 0.25) is 0 Å². The molecule has 2 aromatic rings. The minimum Gasteiger partial charge on any atom is -0.395 e. The van der Waals surface area contributed by atoms with Crippen molar-refractivity contribution in [1.82, 2.24) is 9.88 Å². The van der Waals surface area contributed by atoms with Crippen molar-refractivity contribution in [1.29, 1.82) is 0 Å². The Morgan fingerprint density at radius 3 is 2.74 bits per heavy atom. The average Bonchev–Trinajstić information content (AvgIpc) is 3.29. The third-order valence-corrected chi connectivity index (χ3v) is 6.50. The Morgan fingerprint density at radius 2 is 2.09 bits per heavy atom. The van der Waals surface area contributed by atoms with Crippen LogP contribution < -0.4 is 4.90 Å². The van der Waals surface area contributed by atoms with Gasteiger partial charge in [0, 0.05) is 48.8 Å². The second-order valence-corrected chi connectivity index (χ2v) is 8.96. The molecule has 0 bridgehead atoms. The number of aromatic nitrogens is 1. The molecule has 1 aromatic heterocycles. The summed E-state index contributed by atoms with van der Waals surface area (Å²) in [6.07, 6.45) is 9.13. The molecular formula is C27H31N3O4. The van der Waals surface area contributed by atoms with E-state index in [4.69, 9.17) is 11.2 Å². The van der Waals surface area contributed by atoms with Crippen molar-refractivity contribution in [3.8, 4) is 12.3 Å². The van der Waals surface area contributed by atoms with E-state index in [9.17, 15) is 14.7 Å². The molecule has 2 aliphatic heterocycles. The fourth-order valence-electron chi connectivity index (χ4n) is 4.70. The van der Waals surface area contributed by atoms with E-state index in [0.29, 0.717) is 36.8 Å². The first-order chi connectivity index (χ1) is 16.4. The van der Waals surface area contributed by atoms with Crippen LogP contribution in [0.25, 0.3) is 11.6 Å². The number of terminal acetylenes is 1. The van der Waals surface area contributed by atoms with E-state index < -0.39 is 0 Å². The van der Waals surface area contributed by atoms with E-state index in [2.05, 4.69) is 17.0 Å². The molecule has 1 fully saturated rings. The number of aliphatic hydroxyl groups excluding tert-OH is 1. The summed E-state index contributed by atoms with van der Waals surface area (Å²) in [6.45, 7) is 6.07. The zero-order chi connectivity index (χ0) is 24.2. The van der Waals surface area contributed by atoms with Gasteiger partial charge < -0.3 is 24.6 Å². The highest BCUT2D eigenvalue weighted by atomic mass is 16.5. The van der Waals surface area contributed by atoms with Crippen LogP contribution in [0.1, 0.15) is 45.7 Å². The summed E-state index contributed by atoms with van der Waals surface area (Å²) in [5.74, 6) is 2.49. The maximum atomic E-state index is 13.6. The van der Waals surface area contributed by atoms with Crippen molar-refractivity contribution in [2.45, 2.75) is 26.7 Å². The van der Waals surface area contributed by atoms with Gasteiger partial charge in [-0.3, -0.25) is 9.59 Å². The van der Waals surface area contributed by atoms with E-state index in [1.54, 1.807) is 17.0 Å². The summed E-state index contributed by atoms with van der Waals surface area (Å²) in [5.41, 5.74) is 5.62. The molecule has 3 heterocycles. The highest BCUT2D eigenvalue weighted by molar-refractivity contribution is 6.36. The summed E-state index contributed by atoms with van der Waals surface area (Å²) in [7, 11) is 0. The zero-order valence-electron chi connectivity index (χ0n) is 19.8. The Labute approximate surface area is 200 Å². The van der Waals surface area contributed by atoms with Crippen molar-refractivity contribution in [2.24, 2.45) is 5.92 Å². The smallest absolute Gasteiger partial charge is 0.259 e. The van der Waals surface area contributed by atoms with Gasteiger partial charge in [0.1, 0.15) is 0 Å². The lowest BCUT2D eigenvalue weighted by Gasteiger charge is -2.27. The first-order valence-corrected chi connectivity index (χ1v) is 11.7. The fraction of sp³-hybridized carbons (Fsp3) is 0.407. The lowest BCUT2D eigenvalue weighted by Crippen LogP contribution is -2.35. The number of hydrogen-bond acceptors (Lipinski definition) is 4. The molecule has 0 saturated carbocycles. The van der Waals surface area contributed by atoms with E-state index in [0.717, 1.165) is 41.0 Å². The molecule has 178 valence electrons. The standard InChI is InChI=1S/C27H31N3O4/c1-4-9-29(10-11-31)26(32)21-5-6-22-23(16-24-18(2)14-19(3)28-24)27(33)30(25(22)15-21)17-20-7-12-34-13-8-20/h1,5-6,14-16,20,28,31H,7-13,17H2,2-3H3/b23-16-. The monoisotopic (exact) mass is 461 g/mol. The number of nitrogens with zero attached hydrogens (tertiary/aromatic N) is 2. The Morgan fingerprint density at radius 1 is 1.32 bits per heavy atom. The Balaban J connectivity index is 1.74. The van der Waals surface area contributed by atoms with Crippen LogP contribution in [0.4, 0.5) is 5.69 Å². The Kier molecular flexibility index (Phi) is 7.20. The molecular weight excluding hydrogens is 430 g/mol. The normalized spacial score (nSPS) is 17.2. The minimum absolute atomic E-state index is 0.0615. The van der Waals surface area contributed by atoms with Gasteiger partial charge in [0.25, 0.3) is 11.8 Å². The molecule has 0 spiro atoms. The number of carbonyl (C=O) groups excluding carboxylic acids is 2. The maximum absolute atomic E-state index is 13.6. The molecule has 2 N–H and O–H groups in total.